The van der Waals surface area contributed by atoms with Gasteiger partial charge in [-0.1, -0.05) is 18.2 Å². The van der Waals surface area contributed by atoms with E-state index >= 15 is 0 Å². The molecule has 74 valence electrons. The summed E-state index contributed by atoms with van der Waals surface area (Å²) in [6.07, 6.45) is 0.0854. The molecule has 0 bridgehead atoms. The first-order valence-corrected chi connectivity index (χ1v) is 6.12. The number of nitrogens with zero attached hydrogens (tertiary/aromatic N) is 1. The number of halogens is 1. The van der Waals surface area contributed by atoms with Crippen LogP contribution in [0.4, 0.5) is 5.69 Å². The summed E-state index contributed by atoms with van der Waals surface area (Å²) in [7, 11) is 1.13. The monoisotopic (exact) mass is 231 g/mol. The van der Waals surface area contributed by atoms with Crippen molar-refractivity contribution in [2.45, 2.75) is 6.42 Å². The molecule has 0 spiro atoms. The summed E-state index contributed by atoms with van der Waals surface area (Å²) in [4.78, 5) is 11.3. The molecular weight excluding hydrogens is 226 g/mol. The Kier molecular flexibility index (Phi) is 2.01. The topological polar surface area (TPSA) is 54.5 Å². The highest BCUT2D eigenvalue weighted by Gasteiger charge is 2.34. The van der Waals surface area contributed by atoms with Gasteiger partial charge in [-0.2, -0.15) is 12.7 Å². The molecule has 1 heterocycles. The molecule has 0 aromatic heterocycles. The fraction of sp³-hybridized carbons (Fsp3) is 0.125. The Balaban J connectivity index is 2.61. The molecule has 1 aliphatic rings. The summed E-state index contributed by atoms with van der Waals surface area (Å²) in [6, 6.07) is 6.67. The van der Waals surface area contributed by atoms with Crippen molar-refractivity contribution in [3.8, 4) is 0 Å². The van der Waals surface area contributed by atoms with Crippen LogP contribution in [0.25, 0.3) is 0 Å². The van der Waals surface area contributed by atoms with Crippen molar-refractivity contribution < 1.29 is 13.2 Å². The molecule has 0 atom stereocenters. The minimum absolute atomic E-state index is 0.0854. The van der Waals surface area contributed by atoms with Crippen molar-refractivity contribution >= 4 is 31.5 Å². The molecule has 0 N–H and O–H groups in total. The smallest absolute Gasteiger partial charge is 0.273 e. The Bertz CT molecular complexity index is 497. The highest BCUT2D eigenvalue weighted by Crippen LogP contribution is 2.31. The first kappa shape index (κ1) is 9.48. The lowest BCUT2D eigenvalue weighted by atomic mass is 10.2. The first-order chi connectivity index (χ1) is 6.50. The third-order valence-electron chi connectivity index (χ3n) is 2.00. The second kappa shape index (κ2) is 2.96. The van der Waals surface area contributed by atoms with Gasteiger partial charge in [-0.25, -0.2) is 0 Å². The second-order valence-corrected chi connectivity index (χ2v) is 5.27. The Hall–Kier alpha value is -1.07. The summed E-state index contributed by atoms with van der Waals surface area (Å²) in [6.45, 7) is 0. The van der Waals surface area contributed by atoms with Gasteiger partial charge >= 0.3 is 9.24 Å². The van der Waals surface area contributed by atoms with Crippen LogP contribution in [-0.4, -0.2) is 14.3 Å². The van der Waals surface area contributed by atoms with E-state index in [2.05, 4.69) is 0 Å². The third-order valence-corrected chi connectivity index (χ3v) is 3.25. The van der Waals surface area contributed by atoms with Crippen LogP contribution in [0.5, 0.6) is 0 Å². The number of benzene rings is 1. The molecule has 1 aromatic rings. The van der Waals surface area contributed by atoms with E-state index in [-0.39, 0.29) is 6.42 Å². The van der Waals surface area contributed by atoms with Gasteiger partial charge in [0, 0.05) is 10.7 Å². The van der Waals surface area contributed by atoms with Gasteiger partial charge in [-0.3, -0.25) is 4.79 Å². The molecule has 0 radical (unpaired) electrons. The maximum atomic E-state index is 11.3. The number of para-hydroxylation sites is 1. The van der Waals surface area contributed by atoms with Gasteiger partial charge in [0.15, 0.2) is 0 Å². The number of carbonyl (C=O) groups is 1. The van der Waals surface area contributed by atoms with E-state index in [9.17, 15) is 13.2 Å². The van der Waals surface area contributed by atoms with E-state index in [0.29, 0.717) is 15.6 Å². The van der Waals surface area contributed by atoms with Crippen molar-refractivity contribution in [1.29, 1.82) is 0 Å². The molecule has 0 unspecified atom stereocenters. The molecule has 0 saturated heterocycles. The zero-order chi connectivity index (χ0) is 10.3. The van der Waals surface area contributed by atoms with Crippen molar-refractivity contribution in [1.82, 2.24) is 0 Å². The summed E-state index contributed by atoms with van der Waals surface area (Å²) in [5.74, 6) is -0.513. The maximum Gasteiger partial charge on any atom is 0.328 e. The predicted molar refractivity (Wildman–Crippen MR) is 52.4 cm³/mol. The summed E-state index contributed by atoms with van der Waals surface area (Å²) < 4.78 is 22.8. The van der Waals surface area contributed by atoms with Gasteiger partial charge < -0.3 is 0 Å². The largest absolute Gasteiger partial charge is 0.328 e. The molecular formula is C8H6ClNO3S. The van der Waals surface area contributed by atoms with Crippen molar-refractivity contribution in [2.75, 3.05) is 4.31 Å². The van der Waals surface area contributed by atoms with Crippen LogP contribution in [0.15, 0.2) is 24.3 Å². The summed E-state index contributed by atoms with van der Waals surface area (Å²) in [5.41, 5.74) is 1.04. The van der Waals surface area contributed by atoms with E-state index in [1.54, 1.807) is 24.3 Å². The molecule has 4 nitrogen and oxygen atoms in total. The van der Waals surface area contributed by atoms with E-state index in [1.165, 1.54) is 0 Å². The van der Waals surface area contributed by atoms with Crippen molar-refractivity contribution in [2.24, 2.45) is 0 Å². The van der Waals surface area contributed by atoms with Crippen molar-refractivity contribution in [3.63, 3.8) is 0 Å². The molecule has 1 amide bonds. The average Bonchev–Trinajstić information content (AvgIpc) is 2.38. The molecule has 14 heavy (non-hydrogen) atoms. The normalized spacial score (nSPS) is 15.8. The molecule has 6 heteroatoms. The van der Waals surface area contributed by atoms with Gasteiger partial charge in [0.25, 0.3) is 0 Å². The number of amides is 1. The highest BCUT2D eigenvalue weighted by atomic mass is 35.7. The van der Waals surface area contributed by atoms with E-state index in [4.69, 9.17) is 10.7 Å². The second-order valence-electron chi connectivity index (χ2n) is 2.91. The standard InChI is InChI=1S/C8H6ClNO3S/c9-14(12,13)10-7-4-2-1-3-6(7)5-8(10)11/h1-4H,5H2. The molecule has 2 rings (SSSR count). The third kappa shape index (κ3) is 1.38. The lowest BCUT2D eigenvalue weighted by molar-refractivity contribution is -0.116. The molecule has 1 aliphatic heterocycles. The van der Waals surface area contributed by atoms with Gasteiger partial charge in [0.2, 0.25) is 5.91 Å². The van der Waals surface area contributed by atoms with Crippen LogP contribution in [0.2, 0.25) is 0 Å². The zero-order valence-electron chi connectivity index (χ0n) is 6.97. The number of anilines is 1. The van der Waals surface area contributed by atoms with Crippen LogP contribution in [0.3, 0.4) is 0 Å². The van der Waals surface area contributed by atoms with E-state index in [1.807, 2.05) is 0 Å². The minimum atomic E-state index is -4.01. The first-order valence-electron chi connectivity index (χ1n) is 3.86. The number of rotatable bonds is 1. The highest BCUT2D eigenvalue weighted by molar-refractivity contribution is 8.15. The van der Waals surface area contributed by atoms with Crippen LogP contribution in [0.1, 0.15) is 5.56 Å². The van der Waals surface area contributed by atoms with Crippen molar-refractivity contribution in [3.05, 3.63) is 29.8 Å². The Morgan fingerprint density at radius 2 is 1.93 bits per heavy atom. The number of fused-ring (bicyclic) bond motifs is 1. The fourth-order valence-corrected chi connectivity index (χ4v) is 2.64. The van der Waals surface area contributed by atoms with E-state index in [0.717, 1.165) is 0 Å². The van der Waals surface area contributed by atoms with Crippen LogP contribution in [-0.2, 0) is 20.5 Å². The molecule has 0 fully saturated rings. The molecule has 0 saturated carbocycles. The summed E-state index contributed by atoms with van der Waals surface area (Å²) in [5, 5.41) is 0. The Labute approximate surface area is 85.6 Å². The van der Waals surface area contributed by atoms with Crippen LogP contribution in [0, 0.1) is 0 Å². The summed E-state index contributed by atoms with van der Waals surface area (Å²) >= 11 is 0. The van der Waals surface area contributed by atoms with Crippen LogP contribution < -0.4 is 4.31 Å². The lowest BCUT2D eigenvalue weighted by Crippen LogP contribution is -2.29. The lowest BCUT2D eigenvalue weighted by Gasteiger charge is -2.11. The fourth-order valence-electron chi connectivity index (χ4n) is 1.47. The quantitative estimate of drug-likeness (QED) is 0.679. The Morgan fingerprint density at radius 3 is 2.57 bits per heavy atom. The van der Waals surface area contributed by atoms with Gasteiger partial charge in [0.05, 0.1) is 12.1 Å². The number of hydrogen-bond acceptors (Lipinski definition) is 3. The SMILES string of the molecule is O=C1Cc2ccccc2N1S(=O)(=O)Cl. The Morgan fingerprint density at radius 1 is 1.29 bits per heavy atom. The number of carbonyl (C=O) groups excluding carboxylic acids is 1. The van der Waals surface area contributed by atoms with Crippen LogP contribution >= 0.6 is 10.7 Å². The maximum absolute atomic E-state index is 11.3. The zero-order valence-corrected chi connectivity index (χ0v) is 8.55. The van der Waals surface area contributed by atoms with Gasteiger partial charge in [-0.05, 0) is 11.6 Å². The number of hydrogen-bond donors (Lipinski definition) is 0. The predicted octanol–water partition coefficient (Wildman–Crippen LogP) is 1.06. The van der Waals surface area contributed by atoms with Gasteiger partial charge in [0.1, 0.15) is 0 Å². The average molecular weight is 232 g/mol. The van der Waals surface area contributed by atoms with Gasteiger partial charge in [-0.15, -0.1) is 0 Å². The van der Waals surface area contributed by atoms with E-state index < -0.39 is 15.1 Å². The minimum Gasteiger partial charge on any atom is -0.273 e. The molecule has 0 aliphatic carbocycles. The molecule has 1 aromatic carbocycles.